The number of nitrogens with zero attached hydrogens (tertiary/aromatic N) is 2. The number of Topliss-reactive ketones (excluding diaryl/α,β-unsaturated/α-hetero) is 1. The van der Waals surface area contributed by atoms with E-state index in [4.69, 9.17) is 4.74 Å². The molecule has 0 fully saturated rings. The Balaban J connectivity index is 2.19. The largest absolute Gasteiger partial charge is 0.444 e. The van der Waals surface area contributed by atoms with Crippen molar-refractivity contribution in [2.75, 3.05) is 11.6 Å². The molecule has 202 valence electrons. The first kappa shape index (κ1) is 28.6. The van der Waals surface area contributed by atoms with Crippen LogP contribution in [0, 0.1) is 11.3 Å². The molecule has 2 N–H and O–H groups in total. The number of ether oxygens (including phenoxy) is 1. The number of hydrogen-bond acceptors (Lipinski definition) is 8. The molecule has 1 aliphatic carbocycles. The third-order valence-corrected chi connectivity index (χ3v) is 6.54. The molecule has 0 aliphatic heterocycles. The molecule has 1 aromatic carbocycles. The Bertz CT molecular complexity index is 1450. The Morgan fingerprint density at radius 3 is 2.42 bits per heavy atom. The molecule has 9 nitrogen and oxygen atoms in total. The Hall–Kier alpha value is -3.92. The molecule has 1 aromatic heterocycles. The number of halogens is 3. The minimum absolute atomic E-state index is 0.0101. The Labute approximate surface area is 217 Å². The number of nitriles is 1. The average Bonchev–Trinajstić information content (AvgIpc) is 3.14. The average molecular weight is 551 g/mol. The van der Waals surface area contributed by atoms with Crippen molar-refractivity contribution in [1.29, 1.82) is 5.26 Å². The summed E-state index contributed by atoms with van der Waals surface area (Å²) in [6.07, 6.45) is -2.86. The Morgan fingerprint density at radius 2 is 1.84 bits per heavy atom. The van der Waals surface area contributed by atoms with Crippen LogP contribution in [0.15, 0.2) is 52.8 Å². The summed E-state index contributed by atoms with van der Waals surface area (Å²) in [7, 11) is -3.96. The van der Waals surface area contributed by atoms with Crippen molar-refractivity contribution in [3.8, 4) is 6.07 Å². The standard InChI is InChI=1S/C25H25F3N4O5S/c1-24(2,3)37-23(34)32-22(17-6-5-14(11-29)9-20(17)38(4,35)36)21-18(7-8-19(21)33)31-16-10-15(12-30-13-16)25(26,27)28/h5-6,9-10,12-13,22,31H,7-8H2,1-4H3,(H,32,34). The second kappa shape index (κ2) is 10.4. The second-order valence-electron chi connectivity index (χ2n) is 9.62. The number of sulfone groups is 1. The number of alkyl halides is 3. The van der Waals surface area contributed by atoms with Gasteiger partial charge in [0.2, 0.25) is 0 Å². The van der Waals surface area contributed by atoms with E-state index in [0.29, 0.717) is 6.20 Å². The Kier molecular flexibility index (Phi) is 7.88. The van der Waals surface area contributed by atoms with E-state index in [-0.39, 0.29) is 45.8 Å². The van der Waals surface area contributed by atoms with Crippen LogP contribution < -0.4 is 10.6 Å². The molecule has 38 heavy (non-hydrogen) atoms. The molecule has 1 amide bonds. The van der Waals surface area contributed by atoms with Gasteiger partial charge in [0.1, 0.15) is 5.60 Å². The zero-order chi connectivity index (χ0) is 28.5. The zero-order valence-corrected chi connectivity index (χ0v) is 21.7. The van der Waals surface area contributed by atoms with Crippen molar-refractivity contribution in [1.82, 2.24) is 10.3 Å². The highest BCUT2D eigenvalue weighted by Crippen LogP contribution is 2.38. The minimum atomic E-state index is -4.65. The van der Waals surface area contributed by atoms with Crippen LogP contribution in [-0.2, 0) is 25.5 Å². The van der Waals surface area contributed by atoms with Gasteiger partial charge in [-0.1, -0.05) is 6.07 Å². The van der Waals surface area contributed by atoms with Crippen LogP contribution >= 0.6 is 0 Å². The molecule has 13 heteroatoms. The number of amides is 1. The van der Waals surface area contributed by atoms with Crippen LogP contribution in [0.1, 0.15) is 56.3 Å². The lowest BCUT2D eigenvalue weighted by atomic mass is 9.95. The lowest BCUT2D eigenvalue weighted by Crippen LogP contribution is -2.37. The summed E-state index contributed by atoms with van der Waals surface area (Å²) in [5.74, 6) is -0.461. The van der Waals surface area contributed by atoms with Gasteiger partial charge in [-0.2, -0.15) is 18.4 Å². The fourth-order valence-corrected chi connectivity index (χ4v) is 4.83. The maximum atomic E-state index is 13.2. The van der Waals surface area contributed by atoms with Gasteiger partial charge in [0.15, 0.2) is 15.6 Å². The summed E-state index contributed by atoms with van der Waals surface area (Å²) >= 11 is 0. The molecule has 1 heterocycles. The number of allylic oxidation sites excluding steroid dienone is 1. The van der Waals surface area contributed by atoms with Crippen LogP contribution in [0.25, 0.3) is 0 Å². The van der Waals surface area contributed by atoms with E-state index in [1.54, 1.807) is 20.8 Å². The summed E-state index contributed by atoms with van der Waals surface area (Å²) in [6, 6.07) is 5.06. The highest BCUT2D eigenvalue weighted by Gasteiger charge is 2.36. The van der Waals surface area contributed by atoms with Gasteiger partial charge in [-0.05, 0) is 51.0 Å². The zero-order valence-electron chi connectivity index (χ0n) is 20.9. The van der Waals surface area contributed by atoms with Gasteiger partial charge in [0.25, 0.3) is 0 Å². The van der Waals surface area contributed by atoms with E-state index in [2.05, 4.69) is 15.6 Å². The molecule has 1 atom stereocenters. The summed E-state index contributed by atoms with van der Waals surface area (Å²) in [4.78, 5) is 29.2. The van der Waals surface area contributed by atoms with E-state index >= 15 is 0 Å². The normalized spacial score (nSPS) is 15.2. The molecule has 0 radical (unpaired) electrons. The van der Waals surface area contributed by atoms with Crippen molar-refractivity contribution < 1.29 is 35.9 Å². The molecule has 1 aliphatic rings. The monoisotopic (exact) mass is 550 g/mol. The smallest absolute Gasteiger partial charge is 0.417 e. The van der Waals surface area contributed by atoms with Crippen molar-refractivity contribution in [2.45, 2.75) is 56.3 Å². The summed E-state index contributed by atoms with van der Waals surface area (Å²) in [5.41, 5.74) is -1.85. The van der Waals surface area contributed by atoms with Crippen molar-refractivity contribution in [2.24, 2.45) is 0 Å². The highest BCUT2D eigenvalue weighted by atomic mass is 32.2. The van der Waals surface area contributed by atoms with Crippen molar-refractivity contribution in [3.05, 3.63) is 64.6 Å². The molecule has 2 aromatic rings. The minimum Gasteiger partial charge on any atom is -0.444 e. The molecule has 0 saturated heterocycles. The van der Waals surface area contributed by atoms with E-state index in [1.165, 1.54) is 12.1 Å². The van der Waals surface area contributed by atoms with Crippen molar-refractivity contribution >= 4 is 27.4 Å². The van der Waals surface area contributed by atoms with Crippen molar-refractivity contribution in [3.63, 3.8) is 0 Å². The number of hydrogen-bond donors (Lipinski definition) is 2. The maximum absolute atomic E-state index is 13.2. The predicted molar refractivity (Wildman–Crippen MR) is 131 cm³/mol. The fraction of sp³-hybridized carbons (Fsp3) is 0.360. The summed E-state index contributed by atoms with van der Waals surface area (Å²) in [6.45, 7) is 4.83. The lowest BCUT2D eigenvalue weighted by Gasteiger charge is -2.26. The molecule has 3 rings (SSSR count). The number of ketones is 1. The first-order valence-corrected chi connectivity index (χ1v) is 13.2. The van der Waals surface area contributed by atoms with Crippen LogP contribution in [0.3, 0.4) is 0 Å². The van der Waals surface area contributed by atoms with E-state index in [9.17, 15) is 36.4 Å². The maximum Gasteiger partial charge on any atom is 0.417 e. The molecular weight excluding hydrogens is 525 g/mol. The quantitative estimate of drug-likeness (QED) is 0.529. The predicted octanol–water partition coefficient (Wildman–Crippen LogP) is 4.67. The van der Waals surface area contributed by atoms with Gasteiger partial charge in [-0.3, -0.25) is 9.78 Å². The molecule has 0 bridgehead atoms. The molecular formula is C25H25F3N4O5S. The number of benzene rings is 1. The van der Waals surface area contributed by atoms with Crippen LogP contribution in [0.2, 0.25) is 0 Å². The number of alkyl carbamates (subject to hydrolysis) is 1. The van der Waals surface area contributed by atoms with E-state index in [1.807, 2.05) is 6.07 Å². The summed E-state index contributed by atoms with van der Waals surface area (Å²) < 4.78 is 70.2. The third kappa shape index (κ3) is 6.89. The number of carbonyl (C=O) groups is 2. The molecule has 0 spiro atoms. The molecule has 1 unspecified atom stereocenters. The van der Waals surface area contributed by atoms with Gasteiger partial charge in [0, 0.05) is 30.1 Å². The number of carbonyl (C=O) groups excluding carboxylic acids is 2. The van der Waals surface area contributed by atoms with E-state index < -0.39 is 45.1 Å². The summed E-state index contributed by atoms with van der Waals surface area (Å²) in [5, 5.41) is 14.6. The highest BCUT2D eigenvalue weighted by molar-refractivity contribution is 7.90. The van der Waals surface area contributed by atoms with Crippen LogP contribution in [-0.4, -0.2) is 37.1 Å². The number of rotatable bonds is 6. The van der Waals surface area contributed by atoms with Crippen LogP contribution in [0.5, 0.6) is 0 Å². The second-order valence-corrected chi connectivity index (χ2v) is 11.6. The topological polar surface area (TPSA) is 138 Å². The number of pyridine rings is 1. The fourth-order valence-electron chi connectivity index (χ4n) is 3.87. The number of aromatic nitrogens is 1. The first-order valence-electron chi connectivity index (χ1n) is 11.3. The Morgan fingerprint density at radius 1 is 1.16 bits per heavy atom. The first-order chi connectivity index (χ1) is 17.5. The lowest BCUT2D eigenvalue weighted by molar-refractivity contribution is -0.137. The van der Waals surface area contributed by atoms with Gasteiger partial charge < -0.3 is 15.4 Å². The van der Waals surface area contributed by atoms with Gasteiger partial charge >= 0.3 is 12.3 Å². The van der Waals surface area contributed by atoms with Crippen LogP contribution in [0.4, 0.5) is 23.7 Å². The van der Waals surface area contributed by atoms with E-state index in [0.717, 1.165) is 24.6 Å². The third-order valence-electron chi connectivity index (χ3n) is 5.39. The number of nitrogens with one attached hydrogen (secondary N) is 2. The van der Waals surface area contributed by atoms with Gasteiger partial charge in [0.05, 0.1) is 40.0 Å². The number of anilines is 1. The van der Waals surface area contributed by atoms with Gasteiger partial charge in [-0.25, -0.2) is 13.2 Å². The SMILES string of the molecule is CC(C)(C)OC(=O)NC(C1=C(Nc2cncc(C(F)(F)F)c2)CCC1=O)c1ccc(C#N)cc1S(C)(=O)=O. The van der Waals surface area contributed by atoms with Gasteiger partial charge in [-0.15, -0.1) is 0 Å². The molecule has 0 saturated carbocycles.